The largest absolute Gasteiger partial charge is 0.514 e. The summed E-state index contributed by atoms with van der Waals surface area (Å²) in [6, 6.07) is 8.26. The van der Waals surface area contributed by atoms with E-state index < -0.39 is 52.8 Å². The van der Waals surface area contributed by atoms with Crippen LogP contribution < -0.4 is 31.8 Å². The van der Waals surface area contributed by atoms with Crippen LogP contribution in [0.5, 0.6) is 5.75 Å². The number of nitrogens with one attached hydrogen (secondary N) is 4. The molecule has 17 heteroatoms. The van der Waals surface area contributed by atoms with Crippen molar-refractivity contribution in [3.8, 4) is 5.75 Å². The van der Waals surface area contributed by atoms with Gasteiger partial charge in [-0.3, -0.25) is 29.3 Å². The molecule has 0 aliphatic carbocycles. The van der Waals surface area contributed by atoms with Crippen LogP contribution in [0.3, 0.4) is 0 Å². The van der Waals surface area contributed by atoms with Crippen LogP contribution in [0.1, 0.15) is 32.3 Å². The SMILES string of the molecule is CC(C)[C@H](NN1C(=O)C=CC1=O)C(=O)NC(CCCNC(N)=O)C(=O)Nc1ccc(COC(=O)Oc2ccc([N+](=O)[O-])cc2)cc1. The number of ether oxygens (including phenoxy) is 2. The molecule has 0 saturated heterocycles. The third kappa shape index (κ3) is 10.4. The lowest BCUT2D eigenvalue weighted by molar-refractivity contribution is -0.384. The van der Waals surface area contributed by atoms with Gasteiger partial charge in [0.1, 0.15) is 24.4 Å². The molecular weight excluding hydrogens is 606 g/mol. The summed E-state index contributed by atoms with van der Waals surface area (Å²) in [6.45, 7) is 3.36. The molecule has 3 rings (SSSR count). The number of nitro groups is 1. The Kier molecular flexibility index (Phi) is 12.3. The van der Waals surface area contributed by atoms with E-state index in [9.17, 15) is 38.9 Å². The molecule has 2 aromatic carbocycles. The molecule has 244 valence electrons. The minimum atomic E-state index is -1.08. The van der Waals surface area contributed by atoms with Crippen molar-refractivity contribution in [1.82, 2.24) is 21.1 Å². The van der Waals surface area contributed by atoms with Crippen LogP contribution in [-0.2, 0) is 30.5 Å². The van der Waals surface area contributed by atoms with Gasteiger partial charge in [0.2, 0.25) is 11.8 Å². The molecule has 0 aromatic heterocycles. The molecule has 0 saturated carbocycles. The maximum absolute atomic E-state index is 13.2. The third-order valence-corrected chi connectivity index (χ3v) is 6.46. The van der Waals surface area contributed by atoms with E-state index >= 15 is 0 Å². The molecule has 1 aliphatic heterocycles. The van der Waals surface area contributed by atoms with Crippen molar-refractivity contribution in [1.29, 1.82) is 0 Å². The molecule has 46 heavy (non-hydrogen) atoms. The molecule has 0 fully saturated rings. The second-order valence-electron chi connectivity index (χ2n) is 10.3. The van der Waals surface area contributed by atoms with Gasteiger partial charge >= 0.3 is 12.2 Å². The van der Waals surface area contributed by atoms with E-state index in [0.717, 1.165) is 17.2 Å². The quantitative estimate of drug-likeness (QED) is 0.0468. The number of nitrogens with two attached hydrogens (primary N) is 1. The number of primary amides is 1. The minimum Gasteiger partial charge on any atom is -0.429 e. The fraction of sp³-hybridized carbons (Fsp3) is 0.310. The molecule has 1 unspecified atom stereocenters. The van der Waals surface area contributed by atoms with Gasteiger partial charge in [-0.15, -0.1) is 0 Å². The normalized spacial score (nSPS) is 13.6. The number of nitrogens with zero attached hydrogens (tertiary/aromatic N) is 2. The summed E-state index contributed by atoms with van der Waals surface area (Å²) in [7, 11) is 0. The summed E-state index contributed by atoms with van der Waals surface area (Å²) < 4.78 is 10.1. The van der Waals surface area contributed by atoms with Gasteiger partial charge in [-0.2, -0.15) is 0 Å². The highest BCUT2D eigenvalue weighted by Gasteiger charge is 2.33. The Labute approximate surface area is 262 Å². The number of hydrogen-bond acceptors (Lipinski definition) is 11. The van der Waals surface area contributed by atoms with Gasteiger partial charge in [-0.25, -0.2) is 20.0 Å². The highest BCUT2D eigenvalue weighted by atomic mass is 16.7. The van der Waals surface area contributed by atoms with Gasteiger partial charge in [0, 0.05) is 36.5 Å². The number of benzene rings is 2. The Hall–Kier alpha value is -5.84. The Morgan fingerprint density at radius 1 is 0.957 bits per heavy atom. The van der Waals surface area contributed by atoms with Crippen LogP contribution >= 0.6 is 0 Å². The van der Waals surface area contributed by atoms with Crippen LogP contribution in [0.2, 0.25) is 0 Å². The third-order valence-electron chi connectivity index (χ3n) is 6.46. The van der Waals surface area contributed by atoms with E-state index in [1.54, 1.807) is 38.1 Å². The molecule has 0 radical (unpaired) electrons. The zero-order valence-corrected chi connectivity index (χ0v) is 24.9. The number of nitro benzene ring substituents is 1. The summed E-state index contributed by atoms with van der Waals surface area (Å²) in [6.07, 6.45) is 1.49. The summed E-state index contributed by atoms with van der Waals surface area (Å²) in [5, 5.41) is 19.2. The Balaban J connectivity index is 1.59. The van der Waals surface area contributed by atoms with Crippen molar-refractivity contribution in [3.05, 3.63) is 76.4 Å². The van der Waals surface area contributed by atoms with Gasteiger partial charge in [0.25, 0.3) is 17.5 Å². The van der Waals surface area contributed by atoms with Gasteiger partial charge in [-0.1, -0.05) is 26.0 Å². The predicted octanol–water partition coefficient (Wildman–Crippen LogP) is 1.64. The molecule has 2 aromatic rings. The molecule has 6 amide bonds. The number of imide groups is 1. The summed E-state index contributed by atoms with van der Waals surface area (Å²) in [5.74, 6) is -2.82. The first kappa shape index (κ1) is 34.6. The van der Waals surface area contributed by atoms with Gasteiger partial charge in [0.05, 0.1) is 4.92 Å². The number of hydrogen-bond donors (Lipinski definition) is 5. The van der Waals surface area contributed by atoms with Crippen molar-refractivity contribution in [2.24, 2.45) is 11.7 Å². The van der Waals surface area contributed by atoms with Gasteiger partial charge in [0.15, 0.2) is 0 Å². The highest BCUT2D eigenvalue weighted by Crippen LogP contribution is 2.18. The topological polar surface area (TPSA) is 241 Å². The van der Waals surface area contributed by atoms with Crippen molar-refractivity contribution in [2.45, 2.75) is 45.4 Å². The first-order valence-electron chi connectivity index (χ1n) is 14.0. The van der Waals surface area contributed by atoms with E-state index in [4.69, 9.17) is 15.2 Å². The fourth-order valence-electron chi connectivity index (χ4n) is 4.04. The molecule has 0 spiro atoms. The van der Waals surface area contributed by atoms with Gasteiger partial charge < -0.3 is 31.2 Å². The summed E-state index contributed by atoms with van der Waals surface area (Å²) >= 11 is 0. The van der Waals surface area contributed by atoms with E-state index in [0.29, 0.717) is 11.3 Å². The maximum atomic E-state index is 13.2. The molecule has 2 atom stereocenters. The lowest BCUT2D eigenvalue weighted by atomic mass is 10.0. The standard InChI is InChI=1S/C29H33N7O10/c1-17(2)25(34-35-23(37)13-14-24(35)38)27(40)33-22(4-3-15-31-28(30)41)26(39)32-19-7-5-18(6-8-19)16-45-29(42)46-21-11-9-20(10-12-21)36(43)44/h5-14,17,22,25,34H,3-4,15-16H2,1-2H3,(H,32,39)(H,33,40)(H3,30,31,41)/t22?,25-/m0/s1. The average molecular weight is 640 g/mol. The molecule has 1 aliphatic rings. The summed E-state index contributed by atoms with van der Waals surface area (Å²) in [4.78, 5) is 83.7. The van der Waals surface area contributed by atoms with Crippen LogP contribution in [0.25, 0.3) is 0 Å². The Morgan fingerprint density at radius 2 is 1.59 bits per heavy atom. The Bertz CT molecular complexity index is 1470. The molecule has 0 bridgehead atoms. The smallest absolute Gasteiger partial charge is 0.429 e. The number of urea groups is 1. The number of anilines is 1. The first-order chi connectivity index (χ1) is 21.8. The zero-order chi connectivity index (χ0) is 33.8. The second-order valence-corrected chi connectivity index (χ2v) is 10.3. The number of amides is 6. The monoisotopic (exact) mass is 639 g/mol. The van der Waals surface area contributed by atoms with Gasteiger partial charge in [-0.05, 0) is 48.6 Å². The highest BCUT2D eigenvalue weighted by molar-refractivity contribution is 6.12. The number of carbonyl (C=O) groups is 6. The van der Waals surface area contributed by atoms with Crippen molar-refractivity contribution in [2.75, 3.05) is 11.9 Å². The lowest BCUT2D eigenvalue weighted by Crippen LogP contribution is -2.58. The molecular formula is C29H33N7O10. The molecule has 6 N–H and O–H groups in total. The molecule has 17 nitrogen and oxygen atoms in total. The van der Waals surface area contributed by atoms with E-state index in [2.05, 4.69) is 21.4 Å². The van der Waals surface area contributed by atoms with Crippen LogP contribution in [0.4, 0.5) is 21.0 Å². The predicted molar refractivity (Wildman–Crippen MR) is 160 cm³/mol. The van der Waals surface area contributed by atoms with E-state index in [1.165, 1.54) is 24.3 Å². The number of rotatable bonds is 15. The first-order valence-corrected chi connectivity index (χ1v) is 14.0. The zero-order valence-electron chi connectivity index (χ0n) is 24.9. The minimum absolute atomic E-state index is 0.0613. The van der Waals surface area contributed by atoms with E-state index in [1.807, 2.05) is 0 Å². The van der Waals surface area contributed by atoms with Crippen molar-refractivity contribution < 1.29 is 43.2 Å². The number of carbonyl (C=O) groups excluding carboxylic acids is 6. The fourth-order valence-corrected chi connectivity index (χ4v) is 4.04. The lowest BCUT2D eigenvalue weighted by Gasteiger charge is -2.28. The average Bonchev–Trinajstić information content (AvgIpc) is 3.32. The van der Waals surface area contributed by atoms with Crippen molar-refractivity contribution >= 4 is 47.2 Å². The van der Waals surface area contributed by atoms with Crippen molar-refractivity contribution in [3.63, 3.8) is 0 Å². The van der Waals surface area contributed by atoms with Crippen LogP contribution in [0.15, 0.2) is 60.7 Å². The Morgan fingerprint density at radius 3 is 2.15 bits per heavy atom. The number of hydrazine groups is 1. The number of non-ortho nitro benzene ring substituents is 1. The maximum Gasteiger partial charge on any atom is 0.514 e. The molecule has 1 heterocycles. The van der Waals surface area contributed by atoms with E-state index in [-0.39, 0.29) is 43.3 Å². The second kappa shape index (κ2) is 16.3. The summed E-state index contributed by atoms with van der Waals surface area (Å²) in [5.41, 5.74) is 8.46. The van der Waals surface area contributed by atoms with Crippen LogP contribution in [0, 0.1) is 16.0 Å². The van der Waals surface area contributed by atoms with Crippen LogP contribution in [-0.4, -0.2) is 64.4 Å².